The van der Waals surface area contributed by atoms with Gasteiger partial charge >= 0.3 is 0 Å². The quantitative estimate of drug-likeness (QED) is 0.405. The van der Waals surface area contributed by atoms with Crippen molar-refractivity contribution < 1.29 is 0 Å². The Kier molecular flexibility index (Phi) is 4.96. The van der Waals surface area contributed by atoms with Crippen molar-refractivity contribution in [2.45, 2.75) is 0 Å². The number of hydrogen-bond donors (Lipinski definition) is 2. The Morgan fingerprint density at radius 3 is 1.25 bits per heavy atom. The Bertz CT molecular complexity index is 106. The summed E-state index contributed by atoms with van der Waals surface area (Å²) < 4.78 is 0. The van der Waals surface area contributed by atoms with Gasteiger partial charge in [0, 0.05) is 12.4 Å². The van der Waals surface area contributed by atoms with E-state index in [2.05, 4.69) is 0 Å². The van der Waals surface area contributed by atoms with Gasteiger partial charge < -0.3 is 10.8 Å². The number of rotatable bonds is 3. The maximum atomic E-state index is 6.54. The van der Waals surface area contributed by atoms with Gasteiger partial charge in [-0.2, -0.15) is 0 Å². The molecule has 0 unspecified atom stereocenters. The monoisotopic (exact) mass is 108 g/mol. The van der Waals surface area contributed by atoms with Gasteiger partial charge in [-0.25, -0.2) is 0 Å². The molecule has 0 aliphatic carbocycles. The van der Waals surface area contributed by atoms with Crippen molar-refractivity contribution in [1.82, 2.24) is 0 Å². The van der Waals surface area contributed by atoms with E-state index in [9.17, 15) is 0 Å². The van der Waals surface area contributed by atoms with Gasteiger partial charge in [0.1, 0.15) is 0 Å². The summed E-state index contributed by atoms with van der Waals surface area (Å²) in [6.45, 7) is 0. The highest BCUT2D eigenvalue weighted by Gasteiger charge is 1.56. The minimum absolute atomic E-state index is 1.19. The lowest BCUT2D eigenvalue weighted by Gasteiger charge is -1.65. The molecule has 2 nitrogen and oxygen atoms in total. The van der Waals surface area contributed by atoms with E-state index < -0.39 is 0 Å². The van der Waals surface area contributed by atoms with Gasteiger partial charge in [-0.05, 0) is 12.2 Å². The van der Waals surface area contributed by atoms with E-state index in [0.29, 0.717) is 0 Å². The summed E-state index contributed by atoms with van der Waals surface area (Å²) in [5.41, 5.74) is 0. The molecule has 0 aliphatic heterocycles. The lowest BCUT2D eigenvalue weighted by atomic mass is 10.4. The van der Waals surface area contributed by atoms with E-state index in [1.54, 1.807) is 24.3 Å². The van der Waals surface area contributed by atoms with E-state index in [0.717, 1.165) is 0 Å². The highest BCUT2D eigenvalue weighted by molar-refractivity contribution is 5.70. The molecule has 0 atom stereocenters. The van der Waals surface area contributed by atoms with Crippen molar-refractivity contribution in [2.75, 3.05) is 0 Å². The zero-order valence-electron chi connectivity index (χ0n) is 4.46. The van der Waals surface area contributed by atoms with Crippen LogP contribution in [0.1, 0.15) is 0 Å². The maximum Gasteiger partial charge on any atom is 0.0177 e. The van der Waals surface area contributed by atoms with Crippen LogP contribution in [0.3, 0.4) is 0 Å². The summed E-state index contributed by atoms with van der Waals surface area (Å²) in [7, 11) is 0. The molecule has 0 bridgehead atoms. The molecule has 0 spiro atoms. The maximum absolute atomic E-state index is 6.54. The third-order valence-corrected chi connectivity index (χ3v) is 0.526. The second-order valence-corrected chi connectivity index (χ2v) is 1.10. The van der Waals surface area contributed by atoms with Crippen molar-refractivity contribution in [3.63, 3.8) is 0 Å². The number of hydrogen-bond acceptors (Lipinski definition) is 2. The van der Waals surface area contributed by atoms with Crippen molar-refractivity contribution in [3.8, 4) is 0 Å². The molecular formula is C6H8N2. The van der Waals surface area contributed by atoms with E-state index in [1.807, 2.05) is 0 Å². The second-order valence-electron chi connectivity index (χ2n) is 1.10. The first-order chi connectivity index (χ1) is 3.91. The van der Waals surface area contributed by atoms with Gasteiger partial charge in [-0.1, -0.05) is 12.2 Å². The van der Waals surface area contributed by atoms with Crippen LogP contribution < -0.4 is 0 Å². The molecule has 2 heteroatoms. The first kappa shape index (κ1) is 6.82. The van der Waals surface area contributed by atoms with Crippen molar-refractivity contribution in [3.05, 3.63) is 24.3 Å². The van der Waals surface area contributed by atoms with Crippen LogP contribution in [-0.4, -0.2) is 12.4 Å². The molecule has 0 aromatic carbocycles. The Balaban J connectivity index is 3.41. The summed E-state index contributed by atoms with van der Waals surface area (Å²) in [4.78, 5) is 0. The minimum atomic E-state index is 1.19. The molecule has 0 radical (unpaired) electrons. The zero-order chi connectivity index (χ0) is 6.24. The molecule has 0 aromatic rings. The predicted molar refractivity (Wildman–Crippen MR) is 35.8 cm³/mol. The third kappa shape index (κ3) is 4.82. The molecule has 0 amide bonds. The largest absolute Gasteiger partial charge is 0.309 e. The molecule has 8 heavy (non-hydrogen) atoms. The topological polar surface area (TPSA) is 47.7 Å². The summed E-state index contributed by atoms with van der Waals surface area (Å²) in [6.07, 6.45) is 8.93. The van der Waals surface area contributed by atoms with Gasteiger partial charge in [-0.15, -0.1) is 0 Å². The second kappa shape index (κ2) is 5.82. The Morgan fingerprint density at radius 2 is 1.00 bits per heavy atom. The fraction of sp³-hybridized carbons (Fsp3) is 0. The van der Waals surface area contributed by atoms with Crippen LogP contribution in [0.15, 0.2) is 24.3 Å². The Labute approximate surface area is 48.6 Å². The molecule has 2 N–H and O–H groups in total. The van der Waals surface area contributed by atoms with Gasteiger partial charge in [0.05, 0.1) is 0 Å². The van der Waals surface area contributed by atoms with Crippen molar-refractivity contribution >= 4 is 12.4 Å². The molecule has 0 fully saturated rings. The SMILES string of the molecule is N=CC=C/C=C\C=N. The van der Waals surface area contributed by atoms with Crippen LogP contribution in [0.5, 0.6) is 0 Å². The van der Waals surface area contributed by atoms with E-state index in [1.165, 1.54) is 12.4 Å². The third-order valence-electron chi connectivity index (χ3n) is 0.526. The fourth-order valence-electron chi connectivity index (χ4n) is 0.239. The van der Waals surface area contributed by atoms with Crippen LogP contribution in [0.25, 0.3) is 0 Å². The Morgan fingerprint density at radius 1 is 0.625 bits per heavy atom. The summed E-state index contributed by atoms with van der Waals surface area (Å²) in [6, 6.07) is 0. The highest BCUT2D eigenvalue weighted by Crippen LogP contribution is 1.69. The average Bonchev–Trinajstić information content (AvgIpc) is 1.81. The van der Waals surface area contributed by atoms with Crippen LogP contribution in [0.4, 0.5) is 0 Å². The molecule has 42 valence electrons. The normalized spacial score (nSPS) is 10.5. The first-order valence-corrected chi connectivity index (χ1v) is 2.24. The van der Waals surface area contributed by atoms with Crippen LogP contribution >= 0.6 is 0 Å². The van der Waals surface area contributed by atoms with Gasteiger partial charge in [0.15, 0.2) is 0 Å². The smallest absolute Gasteiger partial charge is 0.0177 e. The summed E-state index contributed by atoms with van der Waals surface area (Å²) >= 11 is 0. The highest BCUT2D eigenvalue weighted by atomic mass is 14.3. The van der Waals surface area contributed by atoms with Gasteiger partial charge in [0.25, 0.3) is 0 Å². The predicted octanol–water partition coefficient (Wildman–Crippen LogP) is 1.40. The van der Waals surface area contributed by atoms with E-state index in [4.69, 9.17) is 10.8 Å². The average molecular weight is 108 g/mol. The van der Waals surface area contributed by atoms with Crippen molar-refractivity contribution in [2.24, 2.45) is 0 Å². The minimum Gasteiger partial charge on any atom is -0.309 e. The molecular weight excluding hydrogens is 100 g/mol. The lowest BCUT2D eigenvalue weighted by Crippen LogP contribution is -1.56. The molecule has 0 saturated heterocycles. The number of allylic oxidation sites excluding steroid dienone is 4. The molecule has 0 aromatic heterocycles. The fourth-order valence-corrected chi connectivity index (χ4v) is 0.239. The Hall–Kier alpha value is -1.18. The lowest BCUT2D eigenvalue weighted by molar-refractivity contribution is 1.57. The van der Waals surface area contributed by atoms with E-state index >= 15 is 0 Å². The number of nitrogens with one attached hydrogen (secondary N) is 2. The van der Waals surface area contributed by atoms with Crippen LogP contribution in [-0.2, 0) is 0 Å². The molecule has 0 heterocycles. The van der Waals surface area contributed by atoms with Crippen molar-refractivity contribution in [1.29, 1.82) is 10.8 Å². The molecule has 0 aliphatic rings. The molecule has 0 rings (SSSR count). The van der Waals surface area contributed by atoms with Gasteiger partial charge in [0.2, 0.25) is 0 Å². The first-order valence-electron chi connectivity index (χ1n) is 2.24. The van der Waals surface area contributed by atoms with Gasteiger partial charge in [-0.3, -0.25) is 0 Å². The summed E-state index contributed by atoms with van der Waals surface area (Å²) in [5, 5.41) is 13.1. The zero-order valence-corrected chi connectivity index (χ0v) is 4.46. The standard InChI is InChI=1S/C6H8N2/c7-5-3-1-2-4-6-8/h1-8H/b3-1-,4-2?,7-5?,8-6?. The van der Waals surface area contributed by atoms with Crippen LogP contribution in [0, 0.1) is 10.8 Å². The summed E-state index contributed by atoms with van der Waals surface area (Å²) in [5.74, 6) is 0. The van der Waals surface area contributed by atoms with E-state index in [-0.39, 0.29) is 0 Å². The van der Waals surface area contributed by atoms with Crippen LogP contribution in [0.2, 0.25) is 0 Å². The molecule has 0 saturated carbocycles.